The maximum Gasteiger partial charge on any atom is 0.0430 e. The summed E-state index contributed by atoms with van der Waals surface area (Å²) in [6, 6.07) is 8.44. The number of aryl methyl sites for hydroxylation is 1. The molecule has 0 aromatic heterocycles. The Balaban J connectivity index is 2.30. The zero-order valence-corrected chi connectivity index (χ0v) is 8.59. The van der Waals surface area contributed by atoms with Gasteiger partial charge in [-0.3, -0.25) is 0 Å². The monoisotopic (exact) mass is 185 g/mol. The fraction of sp³-hybridized carbons (Fsp3) is 0.231. The lowest BCUT2D eigenvalue weighted by molar-refractivity contribution is 1.00. The van der Waals surface area contributed by atoms with Crippen LogP contribution in [0.5, 0.6) is 0 Å². The molecule has 1 nitrogen and oxygen atoms in total. The molecule has 1 saturated heterocycles. The first-order valence-corrected chi connectivity index (χ1v) is 4.85. The Morgan fingerprint density at radius 2 is 1.64 bits per heavy atom. The van der Waals surface area contributed by atoms with E-state index in [0.717, 1.165) is 24.2 Å². The normalized spacial score (nSPS) is 16.5. The minimum Gasteiger partial charge on any atom is -0.363 e. The van der Waals surface area contributed by atoms with Crippen molar-refractivity contribution in [3.8, 4) is 0 Å². The number of anilines is 1. The molecule has 1 aromatic carbocycles. The lowest BCUT2D eigenvalue weighted by Gasteiger charge is -2.19. The molecular weight excluding hydrogens is 170 g/mol. The number of hydrogen-bond donors (Lipinski definition) is 0. The van der Waals surface area contributed by atoms with Gasteiger partial charge in [-0.2, -0.15) is 0 Å². The van der Waals surface area contributed by atoms with Crippen LogP contribution in [0.2, 0.25) is 0 Å². The van der Waals surface area contributed by atoms with Gasteiger partial charge in [0.15, 0.2) is 0 Å². The maximum atomic E-state index is 4.00. The summed E-state index contributed by atoms with van der Waals surface area (Å²) >= 11 is 0. The van der Waals surface area contributed by atoms with Crippen LogP contribution in [0.4, 0.5) is 5.69 Å². The van der Waals surface area contributed by atoms with Crippen molar-refractivity contribution < 1.29 is 0 Å². The summed E-state index contributed by atoms with van der Waals surface area (Å²) in [6.45, 7) is 12.0. The fourth-order valence-corrected chi connectivity index (χ4v) is 1.83. The second kappa shape index (κ2) is 3.33. The number of benzene rings is 1. The third-order valence-corrected chi connectivity index (χ3v) is 2.72. The topological polar surface area (TPSA) is 3.24 Å². The highest BCUT2D eigenvalue weighted by atomic mass is 15.1. The molecule has 0 spiro atoms. The number of para-hydroxylation sites is 1. The van der Waals surface area contributed by atoms with Gasteiger partial charge in [-0.1, -0.05) is 31.4 Å². The summed E-state index contributed by atoms with van der Waals surface area (Å²) in [5, 5.41) is 0. The first-order chi connectivity index (χ1) is 6.68. The van der Waals surface area contributed by atoms with Crippen LogP contribution in [-0.4, -0.2) is 13.1 Å². The average molecular weight is 185 g/mol. The van der Waals surface area contributed by atoms with E-state index in [1.54, 1.807) is 0 Å². The van der Waals surface area contributed by atoms with E-state index >= 15 is 0 Å². The van der Waals surface area contributed by atoms with E-state index in [1.165, 1.54) is 11.3 Å². The van der Waals surface area contributed by atoms with Crippen molar-refractivity contribution in [1.82, 2.24) is 0 Å². The molecule has 0 bridgehead atoms. The van der Waals surface area contributed by atoms with Crippen LogP contribution in [-0.2, 0) is 0 Å². The van der Waals surface area contributed by atoms with E-state index in [1.807, 2.05) is 0 Å². The van der Waals surface area contributed by atoms with Crippen molar-refractivity contribution >= 4 is 5.69 Å². The standard InChI is InChI=1S/C13H15N/c1-10-6-4-5-7-13(10)14-8-11(2)12(3)9-14/h4-7H,2-3,8-9H2,1H3. The van der Waals surface area contributed by atoms with Gasteiger partial charge in [-0.05, 0) is 29.7 Å². The van der Waals surface area contributed by atoms with E-state index in [-0.39, 0.29) is 0 Å². The van der Waals surface area contributed by atoms with E-state index in [2.05, 4.69) is 49.2 Å². The van der Waals surface area contributed by atoms with Crippen molar-refractivity contribution in [3.05, 3.63) is 54.1 Å². The first-order valence-electron chi connectivity index (χ1n) is 4.85. The van der Waals surface area contributed by atoms with Gasteiger partial charge < -0.3 is 4.90 Å². The molecule has 0 atom stereocenters. The van der Waals surface area contributed by atoms with Crippen LogP contribution in [0, 0.1) is 6.92 Å². The quantitative estimate of drug-likeness (QED) is 0.650. The molecule has 0 aliphatic carbocycles. The van der Waals surface area contributed by atoms with E-state index in [0.29, 0.717) is 0 Å². The predicted molar refractivity (Wildman–Crippen MR) is 61.7 cm³/mol. The molecule has 0 saturated carbocycles. The van der Waals surface area contributed by atoms with E-state index < -0.39 is 0 Å². The Morgan fingerprint density at radius 3 is 2.21 bits per heavy atom. The van der Waals surface area contributed by atoms with Gasteiger partial charge in [0.05, 0.1) is 0 Å². The summed E-state index contributed by atoms with van der Waals surface area (Å²) in [5.41, 5.74) is 4.93. The molecule has 1 aliphatic rings. The Hall–Kier alpha value is -1.50. The second-order valence-corrected chi connectivity index (χ2v) is 3.85. The van der Waals surface area contributed by atoms with Crippen LogP contribution < -0.4 is 4.90 Å². The second-order valence-electron chi connectivity index (χ2n) is 3.85. The van der Waals surface area contributed by atoms with Crippen molar-refractivity contribution in [2.24, 2.45) is 0 Å². The average Bonchev–Trinajstić information content (AvgIpc) is 2.48. The molecule has 14 heavy (non-hydrogen) atoms. The van der Waals surface area contributed by atoms with Crippen molar-refractivity contribution in [1.29, 1.82) is 0 Å². The van der Waals surface area contributed by atoms with Crippen LogP contribution in [0.15, 0.2) is 48.6 Å². The fourth-order valence-electron chi connectivity index (χ4n) is 1.83. The molecule has 0 radical (unpaired) electrons. The summed E-state index contributed by atoms with van der Waals surface area (Å²) < 4.78 is 0. The van der Waals surface area contributed by atoms with Gasteiger partial charge in [-0.25, -0.2) is 0 Å². The summed E-state index contributed by atoms with van der Waals surface area (Å²) in [4.78, 5) is 2.32. The Kier molecular flexibility index (Phi) is 2.16. The van der Waals surface area contributed by atoms with Gasteiger partial charge >= 0.3 is 0 Å². The molecule has 0 amide bonds. The molecule has 1 fully saturated rings. The molecular formula is C13H15N. The van der Waals surface area contributed by atoms with Gasteiger partial charge in [0.2, 0.25) is 0 Å². The van der Waals surface area contributed by atoms with Gasteiger partial charge in [0, 0.05) is 18.8 Å². The van der Waals surface area contributed by atoms with E-state index in [4.69, 9.17) is 0 Å². The summed E-state index contributed by atoms with van der Waals surface area (Å²) in [7, 11) is 0. The highest BCUT2D eigenvalue weighted by Crippen LogP contribution is 2.27. The summed E-state index contributed by atoms with van der Waals surface area (Å²) in [5.74, 6) is 0. The van der Waals surface area contributed by atoms with Crippen LogP contribution in [0.3, 0.4) is 0 Å². The highest BCUT2D eigenvalue weighted by Gasteiger charge is 2.19. The zero-order valence-electron chi connectivity index (χ0n) is 8.59. The lowest BCUT2D eigenvalue weighted by Crippen LogP contribution is -2.18. The minimum absolute atomic E-state index is 0.920. The largest absolute Gasteiger partial charge is 0.363 e. The SMILES string of the molecule is C=C1CN(c2ccccc2C)CC1=C. The lowest BCUT2D eigenvalue weighted by atomic mass is 10.2. The first kappa shape index (κ1) is 9.07. The Bertz CT molecular complexity index is 374. The summed E-state index contributed by atoms with van der Waals surface area (Å²) in [6.07, 6.45) is 0. The van der Waals surface area contributed by atoms with Gasteiger partial charge in [0.1, 0.15) is 0 Å². The predicted octanol–water partition coefficient (Wildman–Crippen LogP) is 2.93. The van der Waals surface area contributed by atoms with Crippen molar-refractivity contribution in [2.45, 2.75) is 6.92 Å². The number of nitrogens with zero attached hydrogens (tertiary/aromatic N) is 1. The molecule has 1 aliphatic heterocycles. The molecule has 1 aromatic rings. The number of rotatable bonds is 1. The minimum atomic E-state index is 0.920. The molecule has 1 heteroatoms. The zero-order chi connectivity index (χ0) is 10.1. The van der Waals surface area contributed by atoms with Crippen molar-refractivity contribution in [3.63, 3.8) is 0 Å². The third kappa shape index (κ3) is 1.46. The third-order valence-electron chi connectivity index (χ3n) is 2.72. The smallest absolute Gasteiger partial charge is 0.0430 e. The molecule has 0 unspecified atom stereocenters. The molecule has 0 N–H and O–H groups in total. The van der Waals surface area contributed by atoms with Gasteiger partial charge in [-0.15, -0.1) is 0 Å². The van der Waals surface area contributed by atoms with Crippen molar-refractivity contribution in [2.75, 3.05) is 18.0 Å². The van der Waals surface area contributed by atoms with E-state index in [9.17, 15) is 0 Å². The maximum absolute atomic E-state index is 4.00. The van der Waals surface area contributed by atoms with Crippen LogP contribution in [0.25, 0.3) is 0 Å². The highest BCUT2D eigenvalue weighted by molar-refractivity contribution is 5.59. The van der Waals surface area contributed by atoms with Gasteiger partial charge in [0.25, 0.3) is 0 Å². The molecule has 2 rings (SSSR count). The van der Waals surface area contributed by atoms with Crippen LogP contribution in [0.1, 0.15) is 5.56 Å². The van der Waals surface area contributed by atoms with Crippen LogP contribution >= 0.6 is 0 Å². The molecule has 72 valence electrons. The molecule has 1 heterocycles. The Labute approximate surface area is 85.4 Å². The number of hydrogen-bond acceptors (Lipinski definition) is 1. The Morgan fingerprint density at radius 1 is 1.07 bits per heavy atom.